The molecule has 0 saturated heterocycles. The molecule has 0 bridgehead atoms. The fourth-order valence-corrected chi connectivity index (χ4v) is 4.01. The van der Waals surface area contributed by atoms with Crippen LogP contribution in [0.3, 0.4) is 0 Å². The third-order valence-corrected chi connectivity index (χ3v) is 5.34. The van der Waals surface area contributed by atoms with Gasteiger partial charge >= 0.3 is 0 Å². The van der Waals surface area contributed by atoms with Crippen LogP contribution < -0.4 is 0 Å². The molecule has 112 valence electrons. The Kier molecular flexibility index (Phi) is 3.62. The highest BCUT2D eigenvalue weighted by molar-refractivity contribution is 7.91. The number of sulfone groups is 1. The molecule has 0 radical (unpaired) electrons. The number of carbonyl (C=O) groups excluding carboxylic acids is 1. The lowest BCUT2D eigenvalue weighted by Crippen LogP contribution is -2.24. The molecule has 0 N–H and O–H groups in total. The van der Waals surface area contributed by atoms with Crippen LogP contribution in [-0.4, -0.2) is 20.0 Å². The number of hydrogen-bond acceptors (Lipinski definition) is 3. The Morgan fingerprint density at radius 2 is 1.77 bits per heavy atom. The normalized spacial score (nSPS) is 18.3. The minimum atomic E-state index is -3.65. The van der Waals surface area contributed by atoms with Crippen LogP contribution in [0.25, 0.3) is 6.08 Å². The minimum Gasteiger partial charge on any atom is -0.289 e. The summed E-state index contributed by atoms with van der Waals surface area (Å²) in [6.07, 6.45) is 1.49. The van der Waals surface area contributed by atoms with Crippen molar-refractivity contribution in [3.63, 3.8) is 0 Å². The van der Waals surface area contributed by atoms with E-state index in [2.05, 4.69) is 0 Å². The van der Waals surface area contributed by atoms with Crippen LogP contribution >= 0.6 is 11.6 Å². The first-order valence-electron chi connectivity index (χ1n) is 6.40. The first kappa shape index (κ1) is 14.9. The maximum Gasteiger partial charge on any atom is 0.191 e. The van der Waals surface area contributed by atoms with E-state index in [9.17, 15) is 17.6 Å². The lowest BCUT2D eigenvalue weighted by Gasteiger charge is -2.18. The number of Topliss-reactive ketones (excluding diaryl/α,β-unsaturated/α-hetero) is 1. The predicted octanol–water partition coefficient (Wildman–Crippen LogP) is 3.53. The molecular formula is C16H10ClFO3S. The summed E-state index contributed by atoms with van der Waals surface area (Å²) in [5, 5.41) is 0.539. The molecule has 2 aromatic rings. The van der Waals surface area contributed by atoms with Gasteiger partial charge in [0.25, 0.3) is 0 Å². The van der Waals surface area contributed by atoms with E-state index in [0.717, 1.165) is 18.2 Å². The van der Waals surface area contributed by atoms with E-state index >= 15 is 0 Å². The second-order valence-corrected chi connectivity index (χ2v) is 7.34. The monoisotopic (exact) mass is 336 g/mol. The third-order valence-electron chi connectivity index (χ3n) is 3.37. The van der Waals surface area contributed by atoms with E-state index in [1.54, 1.807) is 24.3 Å². The van der Waals surface area contributed by atoms with Gasteiger partial charge in [-0.1, -0.05) is 23.7 Å². The molecule has 0 unspecified atom stereocenters. The van der Waals surface area contributed by atoms with Crippen LogP contribution in [0.2, 0.25) is 5.02 Å². The van der Waals surface area contributed by atoms with Crippen LogP contribution in [0, 0.1) is 5.82 Å². The van der Waals surface area contributed by atoms with Crippen molar-refractivity contribution in [1.82, 2.24) is 0 Å². The summed E-state index contributed by atoms with van der Waals surface area (Å²) in [5.41, 5.74) is 0.648. The predicted molar refractivity (Wildman–Crippen MR) is 82.2 cm³/mol. The quantitative estimate of drug-likeness (QED) is 0.591. The van der Waals surface area contributed by atoms with Crippen molar-refractivity contribution in [2.75, 3.05) is 5.75 Å². The molecule has 6 heteroatoms. The number of fused-ring (bicyclic) bond motifs is 1. The van der Waals surface area contributed by atoms with E-state index in [1.807, 2.05) is 0 Å². The Bertz CT molecular complexity index is 899. The zero-order valence-corrected chi connectivity index (χ0v) is 12.8. The van der Waals surface area contributed by atoms with Crippen molar-refractivity contribution in [2.24, 2.45) is 0 Å². The molecule has 0 spiro atoms. The Morgan fingerprint density at radius 3 is 2.45 bits per heavy atom. The molecule has 0 atom stereocenters. The highest BCUT2D eigenvalue weighted by Crippen LogP contribution is 2.29. The van der Waals surface area contributed by atoms with Crippen LogP contribution in [0.5, 0.6) is 0 Å². The largest absolute Gasteiger partial charge is 0.289 e. The molecule has 1 aliphatic heterocycles. The molecule has 1 heterocycles. The van der Waals surface area contributed by atoms with Crippen LogP contribution in [0.15, 0.2) is 52.9 Å². The van der Waals surface area contributed by atoms with E-state index in [4.69, 9.17) is 11.6 Å². The maximum absolute atomic E-state index is 13.3. The topological polar surface area (TPSA) is 51.2 Å². The van der Waals surface area contributed by atoms with Gasteiger partial charge in [0.1, 0.15) is 5.82 Å². The number of halogens is 2. The first-order chi connectivity index (χ1) is 10.4. The fraction of sp³-hybridized carbons (Fsp3) is 0.0625. The number of benzene rings is 2. The van der Waals surface area contributed by atoms with Crippen LogP contribution in [-0.2, 0) is 9.84 Å². The van der Waals surface area contributed by atoms with Crippen molar-refractivity contribution < 1.29 is 17.6 Å². The van der Waals surface area contributed by atoms with Gasteiger partial charge in [-0.05, 0) is 42.0 Å². The van der Waals surface area contributed by atoms with E-state index in [1.165, 1.54) is 6.08 Å². The summed E-state index contributed by atoms with van der Waals surface area (Å²) in [4.78, 5) is 12.3. The van der Waals surface area contributed by atoms with Crippen molar-refractivity contribution in [1.29, 1.82) is 0 Å². The standard InChI is InChI=1S/C16H10ClFO3S/c17-12-3-1-10(2-4-12)7-11-9-22(20,21)15-6-5-13(18)8-14(15)16(11)19/h1-8H,9H2. The van der Waals surface area contributed by atoms with Crippen molar-refractivity contribution in [2.45, 2.75) is 4.90 Å². The average Bonchev–Trinajstić information content (AvgIpc) is 2.46. The van der Waals surface area contributed by atoms with Crippen molar-refractivity contribution >= 4 is 33.3 Å². The Balaban J connectivity index is 2.13. The summed E-state index contributed by atoms with van der Waals surface area (Å²) in [6.45, 7) is 0. The van der Waals surface area contributed by atoms with Gasteiger partial charge in [0.05, 0.1) is 10.6 Å². The van der Waals surface area contributed by atoms with Gasteiger partial charge in [0, 0.05) is 16.2 Å². The van der Waals surface area contributed by atoms with Gasteiger partial charge in [-0.25, -0.2) is 12.8 Å². The molecule has 0 amide bonds. The molecule has 3 nitrogen and oxygen atoms in total. The molecule has 2 aromatic carbocycles. The zero-order valence-electron chi connectivity index (χ0n) is 11.2. The lowest BCUT2D eigenvalue weighted by molar-refractivity contribution is 0.103. The summed E-state index contributed by atoms with van der Waals surface area (Å²) in [6, 6.07) is 9.78. The third kappa shape index (κ3) is 2.69. The van der Waals surface area contributed by atoms with Crippen molar-refractivity contribution in [3.8, 4) is 0 Å². The van der Waals surface area contributed by atoms with Gasteiger partial charge in [-0.3, -0.25) is 4.79 Å². The SMILES string of the molecule is O=C1C(=Cc2ccc(Cl)cc2)CS(=O)(=O)c2ccc(F)cc21. The zero-order chi connectivity index (χ0) is 15.9. The molecule has 1 aliphatic rings. The van der Waals surface area contributed by atoms with E-state index in [0.29, 0.717) is 10.6 Å². The number of carbonyl (C=O) groups is 1. The molecule has 3 rings (SSSR count). The first-order valence-corrected chi connectivity index (χ1v) is 8.43. The summed E-state index contributed by atoms with van der Waals surface area (Å²) in [5.74, 6) is -1.51. The lowest BCUT2D eigenvalue weighted by atomic mass is 10.0. The number of rotatable bonds is 1. The van der Waals surface area contributed by atoms with Gasteiger partial charge in [-0.15, -0.1) is 0 Å². The molecule has 0 fully saturated rings. The Morgan fingerprint density at radius 1 is 1.09 bits per heavy atom. The highest BCUT2D eigenvalue weighted by Gasteiger charge is 2.32. The molecular weight excluding hydrogens is 327 g/mol. The molecule has 0 saturated carbocycles. The second kappa shape index (κ2) is 5.34. The van der Waals surface area contributed by atoms with E-state index in [-0.39, 0.29) is 16.0 Å². The summed E-state index contributed by atoms with van der Waals surface area (Å²) >= 11 is 5.79. The Hall–Kier alpha value is -1.98. The maximum atomic E-state index is 13.3. The van der Waals surface area contributed by atoms with Crippen LogP contribution in [0.1, 0.15) is 15.9 Å². The minimum absolute atomic E-state index is 0.112. The van der Waals surface area contributed by atoms with Crippen LogP contribution in [0.4, 0.5) is 4.39 Å². The number of ketones is 1. The van der Waals surface area contributed by atoms with Gasteiger partial charge < -0.3 is 0 Å². The van der Waals surface area contributed by atoms with Gasteiger partial charge in [0.2, 0.25) is 0 Å². The number of hydrogen-bond donors (Lipinski definition) is 0. The molecule has 22 heavy (non-hydrogen) atoms. The summed E-state index contributed by atoms with van der Waals surface area (Å²) in [7, 11) is -3.65. The van der Waals surface area contributed by atoms with E-state index < -0.39 is 27.2 Å². The highest BCUT2D eigenvalue weighted by atomic mass is 35.5. The molecule has 0 aromatic heterocycles. The van der Waals surface area contributed by atoms with Gasteiger partial charge in [-0.2, -0.15) is 0 Å². The summed E-state index contributed by atoms with van der Waals surface area (Å²) < 4.78 is 37.8. The smallest absolute Gasteiger partial charge is 0.191 e. The Labute approximate surface area is 132 Å². The van der Waals surface area contributed by atoms with Crippen molar-refractivity contribution in [3.05, 3.63) is 70.0 Å². The van der Waals surface area contributed by atoms with Gasteiger partial charge in [0.15, 0.2) is 15.6 Å². The second-order valence-electron chi connectivity index (χ2n) is 4.95. The molecule has 0 aliphatic carbocycles. The fourth-order valence-electron chi connectivity index (χ4n) is 2.34. The average molecular weight is 337 g/mol.